The minimum Gasteiger partial charge on any atom is -0.396 e. The van der Waals surface area contributed by atoms with E-state index in [1.807, 2.05) is 0 Å². The van der Waals surface area contributed by atoms with Crippen LogP contribution < -0.4 is 0 Å². The van der Waals surface area contributed by atoms with Crippen LogP contribution in [0.5, 0.6) is 0 Å². The van der Waals surface area contributed by atoms with Crippen LogP contribution in [0.3, 0.4) is 0 Å². The summed E-state index contributed by atoms with van der Waals surface area (Å²) >= 11 is 0. The lowest BCUT2D eigenvalue weighted by molar-refractivity contribution is 0.287. The summed E-state index contributed by atoms with van der Waals surface area (Å²) < 4.78 is 0. The van der Waals surface area contributed by atoms with Crippen molar-refractivity contribution in [2.45, 2.75) is 19.2 Å². The van der Waals surface area contributed by atoms with E-state index in [4.69, 9.17) is 5.11 Å². The van der Waals surface area contributed by atoms with E-state index in [0.717, 1.165) is 12.8 Å². The van der Waals surface area contributed by atoms with Crippen LogP contribution in [0.4, 0.5) is 0 Å². The van der Waals surface area contributed by atoms with E-state index in [2.05, 4.69) is 7.85 Å². The lowest BCUT2D eigenvalue weighted by Crippen LogP contribution is -1.79. The average Bonchev–Trinajstić information content (AvgIpc) is 1.61. The highest BCUT2D eigenvalue weighted by Crippen LogP contribution is 1.87. The summed E-state index contributed by atoms with van der Waals surface area (Å²) in [4.78, 5) is 0. The Bertz CT molecular complexity index is 19.5. The van der Waals surface area contributed by atoms with Crippen LogP contribution in [0.15, 0.2) is 0 Å². The maximum Gasteiger partial charge on any atom is 0.101 e. The Labute approximate surface area is 39.8 Å². The van der Waals surface area contributed by atoms with Gasteiger partial charge in [-0.25, -0.2) is 0 Å². The standard InChI is InChI=1S/C4H11BO/c5-3-1-2-4-6/h6H,1-5H2. The zero-order valence-electron chi connectivity index (χ0n) is 4.28. The highest BCUT2D eigenvalue weighted by molar-refractivity contribution is 6.08. The van der Waals surface area contributed by atoms with Gasteiger partial charge in [-0.05, 0) is 6.42 Å². The highest BCUT2D eigenvalue weighted by atomic mass is 16.2. The second-order valence-corrected chi connectivity index (χ2v) is 1.43. The second kappa shape index (κ2) is 5.02. The molecule has 0 rings (SSSR count). The molecule has 0 radical (unpaired) electrons. The third kappa shape index (κ3) is 4.02. The van der Waals surface area contributed by atoms with Crippen LogP contribution in [0.25, 0.3) is 0 Å². The number of rotatable bonds is 3. The van der Waals surface area contributed by atoms with Crippen molar-refractivity contribution >= 4 is 7.85 Å². The van der Waals surface area contributed by atoms with Gasteiger partial charge in [-0.2, -0.15) is 0 Å². The zero-order chi connectivity index (χ0) is 4.83. The van der Waals surface area contributed by atoms with Gasteiger partial charge in [0, 0.05) is 6.61 Å². The third-order valence-corrected chi connectivity index (χ3v) is 0.762. The van der Waals surface area contributed by atoms with Crippen LogP contribution in [0.1, 0.15) is 12.8 Å². The van der Waals surface area contributed by atoms with Gasteiger partial charge in [-0.15, -0.1) is 0 Å². The molecule has 6 heavy (non-hydrogen) atoms. The van der Waals surface area contributed by atoms with Crippen LogP contribution in [0, 0.1) is 0 Å². The molecule has 0 atom stereocenters. The maximum atomic E-state index is 8.20. The number of aliphatic hydroxyl groups is 1. The molecule has 0 aliphatic heterocycles. The van der Waals surface area contributed by atoms with E-state index in [9.17, 15) is 0 Å². The lowest BCUT2D eigenvalue weighted by atomic mass is 10.0. The molecule has 0 saturated carbocycles. The van der Waals surface area contributed by atoms with Crippen molar-refractivity contribution < 1.29 is 5.11 Å². The van der Waals surface area contributed by atoms with E-state index < -0.39 is 0 Å². The highest BCUT2D eigenvalue weighted by Gasteiger charge is 1.76. The summed E-state index contributed by atoms with van der Waals surface area (Å²) in [6.07, 6.45) is 3.33. The number of hydrogen-bond acceptors (Lipinski definition) is 1. The molecule has 0 fully saturated rings. The fourth-order valence-corrected chi connectivity index (χ4v) is 0.362. The predicted octanol–water partition coefficient (Wildman–Crippen LogP) is -0.190. The summed E-state index contributed by atoms with van der Waals surface area (Å²) in [5, 5.41) is 8.20. The van der Waals surface area contributed by atoms with Crippen molar-refractivity contribution in [3.05, 3.63) is 0 Å². The Morgan fingerprint density at radius 2 is 2.00 bits per heavy atom. The molecular weight excluding hydrogens is 74.9 g/mol. The normalized spacial score (nSPS) is 8.83. The molecule has 0 saturated heterocycles. The molecule has 0 aliphatic rings. The summed E-state index contributed by atoms with van der Waals surface area (Å²) in [7, 11) is 2.12. The Balaban J connectivity index is 2.34. The van der Waals surface area contributed by atoms with Crippen molar-refractivity contribution in [3.8, 4) is 0 Å². The van der Waals surface area contributed by atoms with E-state index in [-0.39, 0.29) is 0 Å². The van der Waals surface area contributed by atoms with Gasteiger partial charge in [-0.3, -0.25) is 0 Å². The van der Waals surface area contributed by atoms with Crippen molar-refractivity contribution in [3.63, 3.8) is 0 Å². The number of unbranched alkanes of at least 4 members (excludes halogenated alkanes) is 1. The van der Waals surface area contributed by atoms with E-state index in [0.29, 0.717) is 6.61 Å². The minimum absolute atomic E-state index is 0.355. The largest absolute Gasteiger partial charge is 0.396 e. The smallest absolute Gasteiger partial charge is 0.101 e. The van der Waals surface area contributed by atoms with E-state index in [1.165, 1.54) is 6.32 Å². The average molecular weight is 85.9 g/mol. The first-order chi connectivity index (χ1) is 2.91. The van der Waals surface area contributed by atoms with Crippen LogP contribution in [-0.4, -0.2) is 19.6 Å². The Morgan fingerprint density at radius 1 is 1.33 bits per heavy atom. The van der Waals surface area contributed by atoms with Gasteiger partial charge in [0.25, 0.3) is 0 Å². The van der Waals surface area contributed by atoms with Gasteiger partial charge in [-0.1, -0.05) is 12.7 Å². The quantitative estimate of drug-likeness (QED) is 0.372. The number of aliphatic hydroxyl groups excluding tert-OH is 1. The van der Waals surface area contributed by atoms with E-state index >= 15 is 0 Å². The Morgan fingerprint density at radius 3 is 2.17 bits per heavy atom. The van der Waals surface area contributed by atoms with Crippen molar-refractivity contribution in [2.75, 3.05) is 6.61 Å². The van der Waals surface area contributed by atoms with Crippen LogP contribution in [0.2, 0.25) is 6.32 Å². The molecule has 36 valence electrons. The first-order valence-electron chi connectivity index (χ1n) is 2.52. The first kappa shape index (κ1) is 6.02. The molecule has 0 aromatic carbocycles. The zero-order valence-corrected chi connectivity index (χ0v) is 4.28. The first-order valence-corrected chi connectivity index (χ1v) is 2.52. The molecular formula is C4H11BO. The van der Waals surface area contributed by atoms with Gasteiger partial charge < -0.3 is 5.11 Å². The molecule has 0 heterocycles. The Hall–Kier alpha value is 0.0249. The van der Waals surface area contributed by atoms with Crippen molar-refractivity contribution in [2.24, 2.45) is 0 Å². The van der Waals surface area contributed by atoms with Gasteiger partial charge >= 0.3 is 0 Å². The predicted molar refractivity (Wildman–Crippen MR) is 29.7 cm³/mol. The summed E-state index contributed by atoms with van der Waals surface area (Å²) in [5.41, 5.74) is 0. The molecule has 1 nitrogen and oxygen atoms in total. The minimum atomic E-state index is 0.355. The molecule has 1 N–H and O–H groups in total. The monoisotopic (exact) mass is 86.1 g/mol. The fraction of sp³-hybridized carbons (Fsp3) is 1.00. The van der Waals surface area contributed by atoms with Gasteiger partial charge in [0.2, 0.25) is 0 Å². The molecule has 0 aliphatic carbocycles. The molecule has 0 aromatic rings. The molecule has 0 spiro atoms. The molecule has 0 amide bonds. The molecule has 2 heteroatoms. The maximum absolute atomic E-state index is 8.20. The Kier molecular flexibility index (Phi) is 5.05. The molecule has 0 aromatic heterocycles. The van der Waals surface area contributed by atoms with Gasteiger partial charge in [0.1, 0.15) is 7.85 Å². The SMILES string of the molecule is BCCCCO. The van der Waals surface area contributed by atoms with E-state index in [1.54, 1.807) is 0 Å². The fourth-order valence-electron chi connectivity index (χ4n) is 0.362. The van der Waals surface area contributed by atoms with Gasteiger partial charge in [0.05, 0.1) is 0 Å². The topological polar surface area (TPSA) is 20.2 Å². The van der Waals surface area contributed by atoms with Crippen molar-refractivity contribution in [1.82, 2.24) is 0 Å². The summed E-state index contributed by atoms with van der Waals surface area (Å²) in [6.45, 7) is 0.355. The lowest BCUT2D eigenvalue weighted by Gasteiger charge is -1.85. The van der Waals surface area contributed by atoms with Crippen molar-refractivity contribution in [1.29, 1.82) is 0 Å². The third-order valence-electron chi connectivity index (χ3n) is 0.762. The summed E-state index contributed by atoms with van der Waals surface area (Å²) in [6, 6.07) is 0. The second-order valence-electron chi connectivity index (χ2n) is 1.43. The molecule has 0 unspecified atom stereocenters. The number of hydrogen-bond donors (Lipinski definition) is 1. The van der Waals surface area contributed by atoms with Crippen LogP contribution in [-0.2, 0) is 0 Å². The van der Waals surface area contributed by atoms with Crippen LogP contribution >= 0.6 is 0 Å². The summed E-state index contributed by atoms with van der Waals surface area (Å²) in [5.74, 6) is 0. The molecule has 0 bridgehead atoms. The van der Waals surface area contributed by atoms with Gasteiger partial charge in [0.15, 0.2) is 0 Å².